The van der Waals surface area contributed by atoms with E-state index in [1.807, 2.05) is 0 Å². The molecule has 0 amide bonds. The number of nitro benzene ring substituents is 1. The second-order valence-electron chi connectivity index (χ2n) is 4.36. The van der Waals surface area contributed by atoms with Gasteiger partial charge in [0.05, 0.1) is 10.5 Å². The Morgan fingerprint density at radius 3 is 2.04 bits per heavy atom. The van der Waals surface area contributed by atoms with Crippen molar-refractivity contribution in [1.29, 1.82) is 0 Å². The van der Waals surface area contributed by atoms with E-state index in [2.05, 4.69) is 4.18 Å². The summed E-state index contributed by atoms with van der Waals surface area (Å²) >= 11 is 0. The van der Waals surface area contributed by atoms with Crippen LogP contribution in [0, 0.1) is 20.2 Å². The van der Waals surface area contributed by atoms with Gasteiger partial charge in [0.1, 0.15) is 5.56 Å². The largest absolute Gasteiger partial charge is 0.384 e. The summed E-state index contributed by atoms with van der Waals surface area (Å²) in [7, 11) is -3.28. The van der Waals surface area contributed by atoms with Gasteiger partial charge in [-0.25, -0.2) is 0 Å². The van der Waals surface area contributed by atoms with Crippen molar-refractivity contribution >= 4 is 16.7 Å². The van der Waals surface area contributed by atoms with Crippen molar-refractivity contribution in [3.8, 4) is 5.75 Å². The van der Waals surface area contributed by atoms with E-state index in [1.165, 1.54) is 42.5 Å². The normalized spacial score (nSPS) is 11.9. The van der Waals surface area contributed by atoms with E-state index in [9.17, 15) is 28.6 Å². The zero-order chi connectivity index (χ0) is 17.0. The lowest BCUT2D eigenvalue weighted by Crippen LogP contribution is -2.15. The van der Waals surface area contributed by atoms with Crippen LogP contribution in [0.15, 0.2) is 48.5 Å². The Morgan fingerprint density at radius 2 is 1.48 bits per heavy atom. The van der Waals surface area contributed by atoms with Gasteiger partial charge in [0.2, 0.25) is 0 Å². The maximum absolute atomic E-state index is 11.5. The highest BCUT2D eigenvalue weighted by atomic mass is 32.2. The van der Waals surface area contributed by atoms with Gasteiger partial charge in [-0.1, -0.05) is 24.3 Å². The van der Waals surface area contributed by atoms with E-state index in [4.69, 9.17) is 0 Å². The molecule has 0 N–H and O–H groups in total. The average molecular weight is 338 g/mol. The van der Waals surface area contributed by atoms with Crippen molar-refractivity contribution in [2.24, 2.45) is 0 Å². The summed E-state index contributed by atoms with van der Waals surface area (Å²) in [6, 6.07) is 8.99. The molecular formula is C13H10N2O7S. The molecule has 120 valence electrons. The van der Waals surface area contributed by atoms with E-state index in [0.29, 0.717) is 0 Å². The fourth-order valence-electron chi connectivity index (χ4n) is 2.15. The van der Waals surface area contributed by atoms with Crippen LogP contribution in [0.3, 0.4) is 0 Å². The van der Waals surface area contributed by atoms with Gasteiger partial charge in [-0.2, -0.15) is 8.42 Å². The number of para-hydroxylation sites is 2. The van der Waals surface area contributed by atoms with Crippen LogP contribution in [0.1, 0.15) is 17.2 Å². The standard InChI is InChI=1S/C13H10N2O7S/c16-14(17)11-7-3-1-5-9(11)13(15(18)19)10-6-2-4-8-12(10)22-23(20)21/h1-8,13,23H. The molecule has 0 saturated heterocycles. The Labute approximate surface area is 131 Å². The van der Waals surface area contributed by atoms with Crippen molar-refractivity contribution in [2.75, 3.05) is 0 Å². The molecule has 2 aromatic rings. The minimum Gasteiger partial charge on any atom is -0.384 e. The molecule has 9 nitrogen and oxygen atoms in total. The van der Waals surface area contributed by atoms with Gasteiger partial charge in [0, 0.05) is 11.0 Å². The van der Waals surface area contributed by atoms with Crippen LogP contribution < -0.4 is 4.18 Å². The van der Waals surface area contributed by atoms with Crippen LogP contribution in [0.2, 0.25) is 0 Å². The molecule has 0 saturated carbocycles. The van der Waals surface area contributed by atoms with Crippen molar-refractivity contribution in [3.05, 3.63) is 79.9 Å². The molecule has 23 heavy (non-hydrogen) atoms. The molecule has 0 aliphatic carbocycles. The SMILES string of the molecule is O=[N+]([O-])c1ccccc1C(c1ccccc1O[SH](=O)=O)[N+](=O)[O-]. The highest BCUT2D eigenvalue weighted by Gasteiger charge is 2.34. The molecule has 0 aliphatic heterocycles. The smallest absolute Gasteiger partial charge is 0.299 e. The maximum Gasteiger partial charge on any atom is 0.299 e. The fourth-order valence-corrected chi connectivity index (χ4v) is 2.48. The Hall–Kier alpha value is -3.01. The van der Waals surface area contributed by atoms with Gasteiger partial charge in [0.25, 0.3) is 22.7 Å². The molecule has 0 fully saturated rings. The Bertz CT molecular complexity index is 827. The summed E-state index contributed by atoms with van der Waals surface area (Å²) in [5, 5.41) is 22.6. The molecular weight excluding hydrogens is 328 g/mol. The number of nitrogens with zero attached hydrogens (tertiary/aromatic N) is 2. The number of hydrogen-bond acceptors (Lipinski definition) is 7. The first-order chi connectivity index (χ1) is 10.9. The number of thiol groups is 1. The summed E-state index contributed by atoms with van der Waals surface area (Å²) in [4.78, 5) is 21.1. The van der Waals surface area contributed by atoms with Gasteiger partial charge in [-0.15, -0.1) is 0 Å². The first-order valence-electron chi connectivity index (χ1n) is 6.20. The van der Waals surface area contributed by atoms with Gasteiger partial charge in [-0.3, -0.25) is 20.2 Å². The molecule has 2 aromatic carbocycles. The van der Waals surface area contributed by atoms with E-state index in [1.54, 1.807) is 0 Å². The zero-order valence-electron chi connectivity index (χ0n) is 11.4. The molecule has 1 atom stereocenters. The van der Waals surface area contributed by atoms with Gasteiger partial charge in [-0.05, 0) is 18.2 Å². The molecule has 0 aromatic heterocycles. The topological polar surface area (TPSA) is 130 Å². The van der Waals surface area contributed by atoms with Crippen LogP contribution in [0.4, 0.5) is 5.69 Å². The third-order valence-electron chi connectivity index (χ3n) is 3.03. The molecule has 0 bridgehead atoms. The van der Waals surface area contributed by atoms with Crippen LogP contribution in [0.25, 0.3) is 0 Å². The zero-order valence-corrected chi connectivity index (χ0v) is 12.3. The lowest BCUT2D eigenvalue weighted by Gasteiger charge is -2.13. The maximum atomic E-state index is 11.5. The minimum absolute atomic E-state index is 0.0917. The van der Waals surface area contributed by atoms with Crippen molar-refractivity contribution in [1.82, 2.24) is 0 Å². The molecule has 2 rings (SSSR count). The third kappa shape index (κ3) is 3.61. The summed E-state index contributed by atoms with van der Waals surface area (Å²) in [6.07, 6.45) is 0. The fraction of sp³-hybridized carbons (Fsp3) is 0.0769. The van der Waals surface area contributed by atoms with Gasteiger partial charge < -0.3 is 4.18 Å². The molecule has 1 unspecified atom stereocenters. The van der Waals surface area contributed by atoms with Crippen molar-refractivity contribution < 1.29 is 22.4 Å². The van der Waals surface area contributed by atoms with Crippen LogP contribution in [-0.2, 0) is 11.0 Å². The summed E-state index contributed by atoms with van der Waals surface area (Å²) < 4.78 is 26.1. The van der Waals surface area contributed by atoms with E-state index in [0.717, 1.165) is 6.07 Å². The summed E-state index contributed by atoms with van der Waals surface area (Å²) in [5.74, 6) is -0.247. The highest BCUT2D eigenvalue weighted by molar-refractivity contribution is 7.67. The predicted molar refractivity (Wildman–Crippen MR) is 79.3 cm³/mol. The Morgan fingerprint density at radius 1 is 0.913 bits per heavy atom. The molecule has 0 radical (unpaired) electrons. The number of nitro groups is 2. The van der Waals surface area contributed by atoms with E-state index < -0.39 is 32.6 Å². The second-order valence-corrected chi connectivity index (χ2v) is 4.99. The quantitative estimate of drug-likeness (QED) is 0.483. The first-order valence-corrected chi connectivity index (χ1v) is 7.29. The third-order valence-corrected chi connectivity index (χ3v) is 3.37. The number of benzene rings is 2. The van der Waals surface area contributed by atoms with Gasteiger partial charge in [0.15, 0.2) is 5.75 Å². The molecule has 0 spiro atoms. The second kappa shape index (κ2) is 6.83. The number of rotatable bonds is 6. The Kier molecular flexibility index (Phi) is 4.86. The predicted octanol–water partition coefficient (Wildman–Crippen LogP) is 1.87. The monoisotopic (exact) mass is 338 g/mol. The Balaban J connectivity index is 2.66. The van der Waals surface area contributed by atoms with Crippen LogP contribution >= 0.6 is 0 Å². The lowest BCUT2D eigenvalue weighted by atomic mass is 9.97. The first kappa shape index (κ1) is 16.4. The van der Waals surface area contributed by atoms with Crippen molar-refractivity contribution in [3.63, 3.8) is 0 Å². The van der Waals surface area contributed by atoms with E-state index in [-0.39, 0.29) is 16.9 Å². The molecule has 0 heterocycles. The molecule has 10 heteroatoms. The number of hydrogen-bond donors (Lipinski definition) is 1. The highest BCUT2D eigenvalue weighted by Crippen LogP contribution is 2.36. The van der Waals surface area contributed by atoms with Crippen molar-refractivity contribution in [2.45, 2.75) is 6.04 Å². The minimum atomic E-state index is -3.28. The van der Waals surface area contributed by atoms with Crippen LogP contribution in [0.5, 0.6) is 5.75 Å². The lowest BCUT2D eigenvalue weighted by molar-refractivity contribution is -0.519. The van der Waals surface area contributed by atoms with E-state index >= 15 is 0 Å². The van der Waals surface area contributed by atoms with Crippen LogP contribution in [-0.4, -0.2) is 18.3 Å². The summed E-state index contributed by atoms with van der Waals surface area (Å²) in [6.45, 7) is 0. The summed E-state index contributed by atoms with van der Waals surface area (Å²) in [5.41, 5.74) is -0.693. The molecule has 0 aliphatic rings. The average Bonchev–Trinajstić information content (AvgIpc) is 2.48. The van der Waals surface area contributed by atoms with Gasteiger partial charge >= 0.3 is 0 Å².